The molecule has 5 N–H and O–H groups in total. The summed E-state index contributed by atoms with van der Waals surface area (Å²) in [7, 11) is 0. The van der Waals surface area contributed by atoms with Gasteiger partial charge in [-0.1, -0.05) is 16.9 Å². The maximum absolute atomic E-state index is 12.9. The molecule has 1 saturated heterocycles. The number of fused-ring (bicyclic) bond motifs is 1. The largest absolute Gasteiger partial charge is 0.477 e. The highest BCUT2D eigenvalue weighted by atomic mass is 32.2. The summed E-state index contributed by atoms with van der Waals surface area (Å²) in [6.45, 7) is 1.96. The van der Waals surface area contributed by atoms with Gasteiger partial charge in [0.15, 0.2) is 10.8 Å². The topological polar surface area (TPSA) is 185 Å². The second-order valence-electron chi connectivity index (χ2n) is 7.30. The van der Waals surface area contributed by atoms with Gasteiger partial charge in [-0.25, -0.2) is 14.6 Å². The number of thiazole rings is 1. The number of nitrogens with zero attached hydrogens (tertiary/aromatic N) is 3. The van der Waals surface area contributed by atoms with Crippen LogP contribution in [0.3, 0.4) is 0 Å². The van der Waals surface area contributed by atoms with Crippen molar-refractivity contribution >= 4 is 69.5 Å². The Morgan fingerprint density at radius 1 is 1.33 bits per heavy atom. The number of hydrogen-bond acceptors (Lipinski definition) is 12. The van der Waals surface area contributed by atoms with Crippen LogP contribution in [0.2, 0.25) is 0 Å². The summed E-state index contributed by atoms with van der Waals surface area (Å²) in [4.78, 5) is 55.6. The normalized spacial score (nSPS) is 19.4. The number of carboxylic acid groups (broad SMARTS) is 1. The zero-order valence-corrected chi connectivity index (χ0v) is 21.0. The third kappa shape index (κ3) is 4.89. The molecule has 1 fully saturated rings. The molecule has 0 spiro atoms. The minimum Gasteiger partial charge on any atom is -0.477 e. The van der Waals surface area contributed by atoms with Crippen LogP contribution < -0.4 is 11.1 Å². The first-order chi connectivity index (χ1) is 17.2. The molecule has 0 saturated carbocycles. The van der Waals surface area contributed by atoms with Crippen molar-refractivity contribution < 1.29 is 34.2 Å². The van der Waals surface area contributed by atoms with E-state index in [0.717, 1.165) is 16.2 Å². The van der Waals surface area contributed by atoms with Gasteiger partial charge in [-0.05, 0) is 31.2 Å². The summed E-state index contributed by atoms with van der Waals surface area (Å²) in [6.07, 6.45) is 0. The van der Waals surface area contributed by atoms with Crippen LogP contribution in [-0.2, 0) is 19.1 Å². The van der Waals surface area contributed by atoms with Gasteiger partial charge in [-0.3, -0.25) is 14.5 Å². The van der Waals surface area contributed by atoms with Crippen molar-refractivity contribution in [3.63, 3.8) is 0 Å². The number of benzene rings is 1. The van der Waals surface area contributed by atoms with Gasteiger partial charge in [-0.15, -0.1) is 23.1 Å². The van der Waals surface area contributed by atoms with Crippen molar-refractivity contribution in [3.8, 4) is 0 Å². The molecule has 0 aliphatic carbocycles. The Kier molecular flexibility index (Phi) is 7.51. The van der Waals surface area contributed by atoms with Gasteiger partial charge in [0.05, 0.1) is 12.2 Å². The number of aromatic nitrogens is 1. The third-order valence-corrected chi connectivity index (χ3v) is 8.34. The highest BCUT2D eigenvalue weighted by molar-refractivity contribution is 8.06. The number of anilines is 1. The standard InChI is InChI=1S/C21H19N5O7S3/c1-2-33-20(31)9-3-5-10(6-4-9)36-12-8-34-18-14(17(28)26(18)15(12)19(29)30)24-16(27)13(25-32)11-7-35-21(22)23-11/h3-7,14,18,32H,2,8H2,1H3,(H2,22,23)(H,24,27)(H,29,30)/t14-,18+/m1/s1. The molecule has 1 aromatic carbocycles. The quantitative estimate of drug-likeness (QED) is 0.123. The molecule has 2 aliphatic heterocycles. The first-order valence-electron chi connectivity index (χ1n) is 10.4. The van der Waals surface area contributed by atoms with Crippen LogP contribution in [0, 0.1) is 0 Å². The molecule has 1 aromatic heterocycles. The number of hydrogen-bond donors (Lipinski definition) is 4. The smallest absolute Gasteiger partial charge is 0.353 e. The highest BCUT2D eigenvalue weighted by Gasteiger charge is 2.54. The van der Waals surface area contributed by atoms with E-state index in [4.69, 9.17) is 10.5 Å². The molecule has 2 aromatic rings. The zero-order valence-electron chi connectivity index (χ0n) is 18.5. The fourth-order valence-corrected chi connectivity index (χ4v) is 6.52. The molecule has 0 radical (unpaired) electrons. The molecule has 36 heavy (non-hydrogen) atoms. The number of β-lactam (4-membered cyclic amide) rings is 1. The number of rotatable bonds is 8. The Morgan fingerprint density at radius 2 is 2.06 bits per heavy atom. The number of ether oxygens (including phenoxy) is 1. The van der Waals surface area contributed by atoms with Gasteiger partial charge < -0.3 is 26.1 Å². The SMILES string of the molecule is CCOC(=O)c1ccc(SC2=C(C(=O)O)N3C(=O)[C@@H](NC(=O)C(=NO)c4csc(N)n4)[C@@H]3SC2)cc1. The van der Waals surface area contributed by atoms with Crippen molar-refractivity contribution in [2.75, 3.05) is 18.1 Å². The predicted molar refractivity (Wildman–Crippen MR) is 133 cm³/mol. The number of nitrogens with two attached hydrogens (primary N) is 1. The molecule has 0 unspecified atom stereocenters. The number of nitrogens with one attached hydrogen (secondary N) is 1. The van der Waals surface area contributed by atoms with E-state index in [1.54, 1.807) is 31.2 Å². The molecule has 0 bridgehead atoms. The maximum Gasteiger partial charge on any atom is 0.353 e. The number of aliphatic carboxylic acids is 1. The molecule has 15 heteroatoms. The third-order valence-electron chi connectivity index (χ3n) is 5.11. The summed E-state index contributed by atoms with van der Waals surface area (Å²) < 4.78 is 4.96. The summed E-state index contributed by atoms with van der Waals surface area (Å²) in [5.41, 5.74) is 5.40. The van der Waals surface area contributed by atoms with Gasteiger partial charge in [0, 0.05) is 20.9 Å². The van der Waals surface area contributed by atoms with E-state index in [1.807, 2.05) is 0 Å². The molecule has 2 aliphatic rings. The zero-order chi connectivity index (χ0) is 26.0. The summed E-state index contributed by atoms with van der Waals surface area (Å²) in [6, 6.07) is 5.48. The van der Waals surface area contributed by atoms with E-state index in [-0.39, 0.29) is 28.9 Å². The van der Waals surface area contributed by atoms with Crippen LogP contribution >= 0.6 is 34.9 Å². The molecular weight excluding hydrogens is 530 g/mol. The van der Waals surface area contributed by atoms with E-state index in [1.165, 1.54) is 28.9 Å². The van der Waals surface area contributed by atoms with Crippen LogP contribution in [0.4, 0.5) is 5.13 Å². The first-order valence-corrected chi connectivity index (χ1v) is 13.1. The Labute approximate surface area is 216 Å². The summed E-state index contributed by atoms with van der Waals surface area (Å²) in [5, 5.41) is 25.5. The molecule has 4 rings (SSSR count). The number of carbonyl (C=O) groups excluding carboxylic acids is 3. The van der Waals surface area contributed by atoms with Crippen molar-refractivity contribution in [3.05, 3.63) is 51.5 Å². The van der Waals surface area contributed by atoms with Gasteiger partial charge in [0.25, 0.3) is 11.8 Å². The van der Waals surface area contributed by atoms with Crippen LogP contribution in [0.1, 0.15) is 23.0 Å². The van der Waals surface area contributed by atoms with Gasteiger partial charge in [0.2, 0.25) is 0 Å². The number of nitrogen functional groups attached to an aromatic ring is 1. The predicted octanol–water partition coefficient (Wildman–Crippen LogP) is 1.57. The fraction of sp³-hybridized carbons (Fsp3) is 0.238. The number of esters is 1. The van der Waals surface area contributed by atoms with Crippen LogP contribution in [-0.4, -0.2) is 73.4 Å². The Balaban J connectivity index is 1.49. The van der Waals surface area contributed by atoms with E-state index in [2.05, 4.69) is 15.5 Å². The average molecular weight is 550 g/mol. The second-order valence-corrected chi connectivity index (χ2v) is 10.5. The number of thioether (sulfide) groups is 2. The lowest BCUT2D eigenvalue weighted by Gasteiger charge is -2.49. The maximum atomic E-state index is 12.9. The van der Waals surface area contributed by atoms with Crippen LogP contribution in [0.25, 0.3) is 0 Å². The van der Waals surface area contributed by atoms with Crippen molar-refractivity contribution in [2.24, 2.45) is 5.16 Å². The molecule has 3 heterocycles. The number of carboxylic acids is 1. The van der Waals surface area contributed by atoms with Crippen molar-refractivity contribution in [1.29, 1.82) is 0 Å². The average Bonchev–Trinajstić information content (AvgIpc) is 3.28. The van der Waals surface area contributed by atoms with Gasteiger partial charge in [-0.2, -0.15) is 0 Å². The Bertz CT molecular complexity index is 1290. The minimum atomic E-state index is -1.28. The minimum absolute atomic E-state index is 0.0520. The van der Waals surface area contributed by atoms with E-state index in [9.17, 15) is 29.5 Å². The number of carbonyl (C=O) groups is 4. The van der Waals surface area contributed by atoms with Crippen molar-refractivity contribution in [1.82, 2.24) is 15.2 Å². The second kappa shape index (κ2) is 10.6. The molecule has 188 valence electrons. The van der Waals surface area contributed by atoms with Crippen LogP contribution in [0.5, 0.6) is 0 Å². The van der Waals surface area contributed by atoms with E-state index in [0.29, 0.717) is 15.4 Å². The highest BCUT2D eigenvalue weighted by Crippen LogP contribution is 2.45. The lowest BCUT2D eigenvalue weighted by Crippen LogP contribution is -2.71. The lowest BCUT2D eigenvalue weighted by atomic mass is 10.0. The molecule has 2 amide bonds. The number of oxime groups is 1. The molecular formula is C21H19N5O7S3. The van der Waals surface area contributed by atoms with E-state index < -0.39 is 40.9 Å². The fourth-order valence-electron chi connectivity index (χ4n) is 3.50. The first kappa shape index (κ1) is 25.5. The summed E-state index contributed by atoms with van der Waals surface area (Å²) >= 11 is 3.51. The monoisotopic (exact) mass is 549 g/mol. The van der Waals surface area contributed by atoms with Crippen molar-refractivity contribution in [2.45, 2.75) is 23.2 Å². The van der Waals surface area contributed by atoms with E-state index >= 15 is 0 Å². The molecule has 12 nitrogen and oxygen atoms in total. The Morgan fingerprint density at radius 3 is 2.64 bits per heavy atom. The van der Waals surface area contributed by atoms with Gasteiger partial charge >= 0.3 is 11.9 Å². The Hall–Kier alpha value is -3.56. The molecule has 2 atom stereocenters. The lowest BCUT2D eigenvalue weighted by molar-refractivity contribution is -0.150. The summed E-state index contributed by atoms with van der Waals surface area (Å²) in [5.74, 6) is -2.91. The van der Waals surface area contributed by atoms with Crippen LogP contribution in [0.15, 0.2) is 50.3 Å². The van der Waals surface area contributed by atoms with Gasteiger partial charge in [0.1, 0.15) is 22.8 Å². The number of amides is 2.